The van der Waals surface area contributed by atoms with Gasteiger partial charge in [0.1, 0.15) is 12.4 Å². The highest BCUT2D eigenvalue weighted by atomic mass is 15.3. The van der Waals surface area contributed by atoms with Crippen molar-refractivity contribution < 1.29 is 0 Å². The number of aryl methyl sites for hydroxylation is 1. The minimum atomic E-state index is 0.504. The molecule has 0 unspecified atom stereocenters. The van der Waals surface area contributed by atoms with Crippen molar-refractivity contribution in [2.75, 3.05) is 6.54 Å². The minimum absolute atomic E-state index is 0.504. The third kappa shape index (κ3) is 4.96. The van der Waals surface area contributed by atoms with Crippen molar-refractivity contribution in [1.29, 1.82) is 0 Å². The van der Waals surface area contributed by atoms with Gasteiger partial charge < -0.3 is 20.2 Å². The summed E-state index contributed by atoms with van der Waals surface area (Å²) in [6.45, 7) is 3.30. The van der Waals surface area contributed by atoms with Crippen LogP contribution in [0.3, 0.4) is 0 Å². The Bertz CT molecular complexity index is 930. The van der Waals surface area contributed by atoms with E-state index >= 15 is 0 Å². The summed E-state index contributed by atoms with van der Waals surface area (Å²) in [6.07, 6.45) is 7.28. The molecule has 0 aliphatic heterocycles. The number of benzene rings is 1. The molecule has 4 rings (SSSR count). The summed E-state index contributed by atoms with van der Waals surface area (Å²) in [4.78, 5) is 8.29. The lowest BCUT2D eigenvalue weighted by molar-refractivity contribution is 0.409. The van der Waals surface area contributed by atoms with E-state index < -0.39 is 0 Å². The van der Waals surface area contributed by atoms with Crippen LogP contribution in [0, 0.1) is 6.92 Å². The van der Waals surface area contributed by atoms with Gasteiger partial charge in [0.15, 0.2) is 11.8 Å². The molecule has 3 N–H and O–H groups in total. The standard InChI is InChI=1S/C22H31N7/c1-16-27-28-21(29(16)2)15-24-22(26-18-9-4-3-5-10-18)23-13-12-19-14-17-8-6-7-11-20(17)25-19/h6-8,11,14,18,25H,3-5,9-10,12-13,15H2,1-2H3,(H2,23,24,26). The van der Waals surface area contributed by atoms with Crippen LogP contribution in [0.25, 0.3) is 10.9 Å². The van der Waals surface area contributed by atoms with Crippen LogP contribution in [0.5, 0.6) is 0 Å². The first-order valence-corrected chi connectivity index (χ1v) is 10.7. The number of hydrogen-bond donors (Lipinski definition) is 3. The summed E-state index contributed by atoms with van der Waals surface area (Å²) in [6, 6.07) is 11.1. The monoisotopic (exact) mass is 393 g/mol. The number of hydrogen-bond acceptors (Lipinski definition) is 3. The van der Waals surface area contributed by atoms with E-state index in [1.807, 2.05) is 18.5 Å². The number of nitrogens with zero attached hydrogens (tertiary/aromatic N) is 4. The van der Waals surface area contributed by atoms with Gasteiger partial charge in [-0.15, -0.1) is 10.2 Å². The Morgan fingerprint density at radius 2 is 2.03 bits per heavy atom. The molecule has 7 heteroatoms. The Hall–Kier alpha value is -2.83. The maximum absolute atomic E-state index is 4.80. The molecule has 1 aliphatic carbocycles. The molecule has 0 radical (unpaired) electrons. The van der Waals surface area contributed by atoms with E-state index in [0.29, 0.717) is 12.6 Å². The number of aliphatic imine (C=N–C) groups is 1. The lowest BCUT2D eigenvalue weighted by Crippen LogP contribution is -2.44. The Morgan fingerprint density at radius 1 is 1.21 bits per heavy atom. The Labute approximate surface area is 172 Å². The Morgan fingerprint density at radius 3 is 2.79 bits per heavy atom. The zero-order valence-electron chi connectivity index (χ0n) is 17.4. The van der Waals surface area contributed by atoms with Gasteiger partial charge in [-0.1, -0.05) is 37.5 Å². The van der Waals surface area contributed by atoms with Gasteiger partial charge in [0.05, 0.1) is 0 Å². The second kappa shape index (κ2) is 9.11. The van der Waals surface area contributed by atoms with Crippen molar-refractivity contribution >= 4 is 16.9 Å². The molecule has 0 bridgehead atoms. The van der Waals surface area contributed by atoms with Crippen molar-refractivity contribution in [2.24, 2.45) is 12.0 Å². The largest absolute Gasteiger partial charge is 0.358 e. The molecule has 0 spiro atoms. The first-order valence-electron chi connectivity index (χ1n) is 10.7. The Kier molecular flexibility index (Phi) is 6.12. The fraction of sp³-hybridized carbons (Fsp3) is 0.500. The van der Waals surface area contributed by atoms with Crippen molar-refractivity contribution in [2.45, 2.75) is 58.0 Å². The third-order valence-electron chi connectivity index (χ3n) is 5.78. The second-order valence-corrected chi connectivity index (χ2v) is 7.93. The number of fused-ring (bicyclic) bond motifs is 1. The molecule has 1 aromatic carbocycles. The van der Waals surface area contributed by atoms with E-state index in [1.54, 1.807) is 0 Å². The highest BCUT2D eigenvalue weighted by Gasteiger charge is 2.15. The van der Waals surface area contributed by atoms with E-state index in [1.165, 1.54) is 48.7 Å². The molecular weight excluding hydrogens is 362 g/mol. The van der Waals surface area contributed by atoms with Gasteiger partial charge in [0.25, 0.3) is 0 Å². The molecule has 1 fully saturated rings. The van der Waals surface area contributed by atoms with E-state index in [4.69, 9.17) is 4.99 Å². The molecule has 2 aromatic heterocycles. The van der Waals surface area contributed by atoms with Crippen molar-refractivity contribution in [3.05, 3.63) is 47.7 Å². The quantitative estimate of drug-likeness (QED) is 0.444. The highest BCUT2D eigenvalue weighted by molar-refractivity contribution is 5.81. The maximum atomic E-state index is 4.80. The number of H-pyrrole nitrogens is 1. The lowest BCUT2D eigenvalue weighted by Gasteiger charge is -2.25. The number of guanidine groups is 1. The van der Waals surface area contributed by atoms with Crippen molar-refractivity contribution in [3.8, 4) is 0 Å². The lowest BCUT2D eigenvalue weighted by atomic mass is 9.96. The van der Waals surface area contributed by atoms with Crippen LogP contribution < -0.4 is 10.6 Å². The third-order valence-corrected chi connectivity index (χ3v) is 5.78. The fourth-order valence-corrected chi connectivity index (χ4v) is 3.92. The number of aromatic nitrogens is 4. The molecule has 0 amide bonds. The molecule has 7 nitrogen and oxygen atoms in total. The highest BCUT2D eigenvalue weighted by Crippen LogP contribution is 2.17. The smallest absolute Gasteiger partial charge is 0.191 e. The normalized spacial score (nSPS) is 15.7. The van der Waals surface area contributed by atoms with Gasteiger partial charge in [-0.3, -0.25) is 0 Å². The molecule has 1 aliphatic rings. The summed E-state index contributed by atoms with van der Waals surface area (Å²) in [5.74, 6) is 2.65. The topological polar surface area (TPSA) is 82.9 Å². The SMILES string of the molecule is Cc1nnc(CN=C(NCCc2cc3ccccc3[nH]2)NC2CCCCC2)n1C. The van der Waals surface area contributed by atoms with Gasteiger partial charge in [0, 0.05) is 37.3 Å². The number of nitrogens with one attached hydrogen (secondary N) is 3. The van der Waals surface area contributed by atoms with Crippen LogP contribution >= 0.6 is 0 Å². The van der Waals surface area contributed by atoms with Gasteiger partial charge in [-0.2, -0.15) is 0 Å². The maximum Gasteiger partial charge on any atom is 0.191 e. The summed E-state index contributed by atoms with van der Waals surface area (Å²) < 4.78 is 1.99. The average molecular weight is 394 g/mol. The minimum Gasteiger partial charge on any atom is -0.358 e. The first-order chi connectivity index (χ1) is 14.2. The zero-order chi connectivity index (χ0) is 20.1. The summed E-state index contributed by atoms with van der Waals surface area (Å²) in [7, 11) is 1.98. The van der Waals surface area contributed by atoms with Crippen LogP contribution in [0.15, 0.2) is 35.3 Å². The molecule has 2 heterocycles. The van der Waals surface area contributed by atoms with E-state index in [-0.39, 0.29) is 0 Å². The van der Waals surface area contributed by atoms with Gasteiger partial charge in [-0.05, 0) is 37.3 Å². The van der Waals surface area contributed by atoms with Crippen LogP contribution in [-0.2, 0) is 20.0 Å². The predicted octanol–water partition coefficient (Wildman–Crippen LogP) is 3.22. The van der Waals surface area contributed by atoms with Crippen LogP contribution in [-0.4, -0.2) is 38.3 Å². The summed E-state index contributed by atoms with van der Waals surface area (Å²) in [5, 5.41) is 16.8. The summed E-state index contributed by atoms with van der Waals surface area (Å²) >= 11 is 0. The number of rotatable bonds is 6. The molecule has 0 atom stereocenters. The summed E-state index contributed by atoms with van der Waals surface area (Å²) in [5.41, 5.74) is 2.43. The van der Waals surface area contributed by atoms with E-state index in [2.05, 4.69) is 56.1 Å². The van der Waals surface area contributed by atoms with Gasteiger partial charge in [0.2, 0.25) is 0 Å². The van der Waals surface area contributed by atoms with Crippen molar-refractivity contribution in [1.82, 2.24) is 30.4 Å². The van der Waals surface area contributed by atoms with Crippen LogP contribution in [0.4, 0.5) is 0 Å². The van der Waals surface area contributed by atoms with Crippen LogP contribution in [0.1, 0.15) is 49.4 Å². The predicted molar refractivity (Wildman–Crippen MR) is 117 cm³/mol. The molecular formula is C22H31N7. The van der Waals surface area contributed by atoms with Crippen molar-refractivity contribution in [3.63, 3.8) is 0 Å². The average Bonchev–Trinajstić information content (AvgIpc) is 3.30. The molecule has 1 saturated carbocycles. The molecule has 0 saturated heterocycles. The first kappa shape index (κ1) is 19.5. The Balaban J connectivity index is 1.39. The van der Waals surface area contributed by atoms with Crippen LogP contribution in [0.2, 0.25) is 0 Å². The van der Waals surface area contributed by atoms with Gasteiger partial charge in [-0.25, -0.2) is 4.99 Å². The molecule has 3 aromatic rings. The fourth-order valence-electron chi connectivity index (χ4n) is 3.92. The second-order valence-electron chi connectivity index (χ2n) is 7.93. The number of para-hydroxylation sites is 1. The van der Waals surface area contributed by atoms with E-state index in [0.717, 1.165) is 30.6 Å². The van der Waals surface area contributed by atoms with E-state index in [9.17, 15) is 0 Å². The van der Waals surface area contributed by atoms with Gasteiger partial charge >= 0.3 is 0 Å². The number of aromatic amines is 1. The molecule has 29 heavy (non-hydrogen) atoms. The molecule has 154 valence electrons. The zero-order valence-corrected chi connectivity index (χ0v) is 17.4.